The highest BCUT2D eigenvalue weighted by Crippen LogP contribution is 2.15. The normalized spacial score (nSPS) is 9.76. The molecule has 0 saturated carbocycles. The van der Waals surface area contributed by atoms with E-state index in [1.165, 1.54) is 6.07 Å². The molecule has 0 aromatic heterocycles. The van der Waals surface area contributed by atoms with Crippen molar-refractivity contribution in [2.24, 2.45) is 0 Å². The minimum Gasteiger partial charge on any atom is -0.478 e. The summed E-state index contributed by atoms with van der Waals surface area (Å²) in [6.45, 7) is 5.00. The van der Waals surface area contributed by atoms with Gasteiger partial charge in [0.1, 0.15) is 0 Å². The van der Waals surface area contributed by atoms with Crippen LogP contribution < -0.4 is 0 Å². The number of esters is 2. The van der Waals surface area contributed by atoms with Gasteiger partial charge in [0.15, 0.2) is 0 Å². The van der Waals surface area contributed by atoms with Gasteiger partial charge in [-0.1, -0.05) is 18.7 Å². The third kappa shape index (κ3) is 4.76. The summed E-state index contributed by atoms with van der Waals surface area (Å²) in [5.74, 6) is -2.44. The van der Waals surface area contributed by atoms with Gasteiger partial charge in [0.05, 0.1) is 24.3 Å². The molecule has 0 bridgehead atoms. The third-order valence-corrected chi connectivity index (χ3v) is 2.64. The van der Waals surface area contributed by atoms with Gasteiger partial charge < -0.3 is 14.6 Å². The molecular formula is C15H16O6. The van der Waals surface area contributed by atoms with Crippen molar-refractivity contribution in [3.05, 3.63) is 47.5 Å². The zero-order valence-corrected chi connectivity index (χ0v) is 11.6. The van der Waals surface area contributed by atoms with E-state index in [-0.39, 0.29) is 24.3 Å². The van der Waals surface area contributed by atoms with E-state index in [1.807, 2.05) is 0 Å². The van der Waals surface area contributed by atoms with Crippen LogP contribution in [0, 0.1) is 6.92 Å². The van der Waals surface area contributed by atoms with E-state index in [2.05, 4.69) is 6.58 Å². The average molecular weight is 292 g/mol. The molecule has 21 heavy (non-hydrogen) atoms. The van der Waals surface area contributed by atoms with E-state index >= 15 is 0 Å². The Bertz CT molecular complexity index is 561. The number of aromatic carboxylic acids is 1. The lowest BCUT2D eigenvalue weighted by atomic mass is 10.0. The molecule has 1 aromatic carbocycles. The van der Waals surface area contributed by atoms with E-state index in [1.54, 1.807) is 19.1 Å². The number of hydrogen-bond donors (Lipinski definition) is 1. The van der Waals surface area contributed by atoms with Gasteiger partial charge in [-0.25, -0.2) is 14.4 Å². The first-order valence-electron chi connectivity index (χ1n) is 6.26. The summed E-state index contributed by atoms with van der Waals surface area (Å²) < 4.78 is 9.72. The Morgan fingerprint density at radius 2 is 1.90 bits per heavy atom. The molecule has 0 radical (unpaired) electrons. The molecule has 0 heterocycles. The molecule has 1 aromatic rings. The average Bonchev–Trinajstić information content (AvgIpc) is 2.45. The number of carboxylic acids is 1. The maximum absolute atomic E-state index is 11.9. The predicted molar refractivity (Wildman–Crippen MR) is 74.2 cm³/mol. The van der Waals surface area contributed by atoms with Crippen LogP contribution in [0.2, 0.25) is 0 Å². The Kier molecular flexibility index (Phi) is 6.13. The highest BCUT2D eigenvalue weighted by molar-refractivity contribution is 6.03. The second-order valence-corrected chi connectivity index (χ2v) is 4.16. The minimum atomic E-state index is -1.19. The van der Waals surface area contributed by atoms with Crippen LogP contribution in [-0.2, 0) is 14.3 Å². The zero-order valence-electron chi connectivity index (χ0n) is 11.6. The number of hydrogen-bond acceptors (Lipinski definition) is 5. The molecule has 6 heteroatoms. The quantitative estimate of drug-likeness (QED) is 0.469. The summed E-state index contributed by atoms with van der Waals surface area (Å²) in [5.41, 5.74) is 0.462. The number of benzene rings is 1. The van der Waals surface area contributed by atoms with Crippen LogP contribution in [-0.4, -0.2) is 36.2 Å². The van der Waals surface area contributed by atoms with Crippen LogP contribution in [0.15, 0.2) is 30.9 Å². The van der Waals surface area contributed by atoms with Crippen LogP contribution >= 0.6 is 0 Å². The maximum Gasteiger partial charge on any atom is 0.339 e. The van der Waals surface area contributed by atoms with Gasteiger partial charge in [0.25, 0.3) is 0 Å². The number of carboxylic acid groups (broad SMARTS) is 1. The fourth-order valence-corrected chi connectivity index (χ4v) is 1.64. The zero-order chi connectivity index (χ0) is 15.8. The van der Waals surface area contributed by atoms with E-state index in [0.717, 1.165) is 6.08 Å². The van der Waals surface area contributed by atoms with E-state index in [0.29, 0.717) is 12.0 Å². The van der Waals surface area contributed by atoms with Gasteiger partial charge in [0.2, 0.25) is 0 Å². The molecule has 0 spiro atoms. The van der Waals surface area contributed by atoms with Gasteiger partial charge in [0, 0.05) is 12.5 Å². The first-order valence-corrected chi connectivity index (χ1v) is 6.26. The van der Waals surface area contributed by atoms with Crippen LogP contribution in [0.25, 0.3) is 0 Å². The Morgan fingerprint density at radius 3 is 2.52 bits per heavy atom. The van der Waals surface area contributed by atoms with Crippen LogP contribution in [0.3, 0.4) is 0 Å². The molecule has 0 saturated heterocycles. The van der Waals surface area contributed by atoms with Crippen LogP contribution in [0.1, 0.15) is 32.7 Å². The molecule has 1 N–H and O–H groups in total. The van der Waals surface area contributed by atoms with Crippen molar-refractivity contribution >= 4 is 17.9 Å². The molecule has 1 rings (SSSR count). The SMILES string of the molecule is C=CC(=O)OCCCOC(=O)c1c(C)cccc1C(=O)O. The van der Waals surface area contributed by atoms with Gasteiger partial charge in [-0.3, -0.25) is 0 Å². The molecule has 0 amide bonds. The van der Waals surface area contributed by atoms with Crippen molar-refractivity contribution in [2.75, 3.05) is 13.2 Å². The maximum atomic E-state index is 11.9. The second-order valence-electron chi connectivity index (χ2n) is 4.16. The standard InChI is InChI=1S/C15H16O6/c1-3-12(16)20-8-5-9-21-15(19)13-10(2)6-4-7-11(13)14(17)18/h3-4,6-7H,1,5,8-9H2,2H3,(H,17,18). The monoisotopic (exact) mass is 292 g/mol. The summed E-state index contributed by atoms with van der Waals surface area (Å²) >= 11 is 0. The van der Waals surface area contributed by atoms with Crippen molar-refractivity contribution in [2.45, 2.75) is 13.3 Å². The molecule has 0 atom stereocenters. The first-order chi connectivity index (χ1) is 9.97. The Balaban J connectivity index is 2.58. The molecule has 112 valence electrons. The Hall–Kier alpha value is -2.63. The lowest BCUT2D eigenvalue weighted by Gasteiger charge is -2.09. The Morgan fingerprint density at radius 1 is 1.24 bits per heavy atom. The third-order valence-electron chi connectivity index (χ3n) is 2.64. The smallest absolute Gasteiger partial charge is 0.339 e. The molecule has 0 unspecified atom stereocenters. The van der Waals surface area contributed by atoms with Gasteiger partial charge in [-0.05, 0) is 18.6 Å². The summed E-state index contributed by atoms with van der Waals surface area (Å²) in [5, 5.41) is 9.06. The molecular weight excluding hydrogens is 276 g/mol. The van der Waals surface area contributed by atoms with Gasteiger partial charge >= 0.3 is 17.9 Å². The summed E-state index contributed by atoms with van der Waals surface area (Å²) in [6.07, 6.45) is 1.36. The number of carbonyl (C=O) groups excluding carboxylic acids is 2. The summed E-state index contributed by atoms with van der Waals surface area (Å²) in [7, 11) is 0. The summed E-state index contributed by atoms with van der Waals surface area (Å²) in [4.78, 5) is 33.8. The highest BCUT2D eigenvalue weighted by Gasteiger charge is 2.19. The second kappa shape index (κ2) is 7.84. The van der Waals surface area contributed by atoms with E-state index in [9.17, 15) is 14.4 Å². The van der Waals surface area contributed by atoms with E-state index < -0.39 is 17.9 Å². The fourth-order valence-electron chi connectivity index (χ4n) is 1.64. The van der Waals surface area contributed by atoms with Crippen LogP contribution in [0.4, 0.5) is 0 Å². The van der Waals surface area contributed by atoms with Crippen molar-refractivity contribution in [1.82, 2.24) is 0 Å². The first kappa shape index (κ1) is 16.4. The van der Waals surface area contributed by atoms with Crippen molar-refractivity contribution in [1.29, 1.82) is 0 Å². The van der Waals surface area contributed by atoms with Crippen molar-refractivity contribution < 1.29 is 29.0 Å². The topological polar surface area (TPSA) is 89.9 Å². The number of ether oxygens (including phenoxy) is 2. The number of rotatable bonds is 7. The molecule has 0 aliphatic rings. The van der Waals surface area contributed by atoms with Gasteiger partial charge in [-0.15, -0.1) is 0 Å². The molecule has 6 nitrogen and oxygen atoms in total. The number of carbonyl (C=O) groups is 3. The highest BCUT2D eigenvalue weighted by atomic mass is 16.5. The lowest BCUT2D eigenvalue weighted by molar-refractivity contribution is -0.137. The van der Waals surface area contributed by atoms with Crippen molar-refractivity contribution in [3.8, 4) is 0 Å². The van der Waals surface area contributed by atoms with E-state index in [4.69, 9.17) is 14.6 Å². The lowest BCUT2D eigenvalue weighted by Crippen LogP contribution is -2.15. The van der Waals surface area contributed by atoms with Gasteiger partial charge in [-0.2, -0.15) is 0 Å². The predicted octanol–water partition coefficient (Wildman–Crippen LogP) is 1.97. The fraction of sp³-hybridized carbons (Fsp3) is 0.267. The molecule has 0 aliphatic carbocycles. The largest absolute Gasteiger partial charge is 0.478 e. The van der Waals surface area contributed by atoms with Crippen molar-refractivity contribution in [3.63, 3.8) is 0 Å². The molecule has 0 fully saturated rings. The minimum absolute atomic E-state index is 0.0245. The molecule has 0 aliphatic heterocycles. The van der Waals surface area contributed by atoms with Crippen LogP contribution in [0.5, 0.6) is 0 Å². The number of aryl methyl sites for hydroxylation is 1. The summed E-state index contributed by atoms with van der Waals surface area (Å²) in [6, 6.07) is 4.54. The Labute approximate surface area is 122 Å².